The van der Waals surface area contributed by atoms with E-state index in [4.69, 9.17) is 78.5 Å². The molecule has 160 valence electrons. The Labute approximate surface area is 164 Å². The fourth-order valence-corrected chi connectivity index (χ4v) is 0. The van der Waals surface area contributed by atoms with Crippen LogP contribution in [0.4, 0.5) is 0 Å². The number of hydrogen-bond donors (Lipinski definition) is 0. The quantitative estimate of drug-likeness (QED) is 0.206. The Kier molecular flexibility index (Phi) is 25.3. The van der Waals surface area contributed by atoms with Gasteiger partial charge in [-0.15, -0.1) is 0 Å². The van der Waals surface area contributed by atoms with E-state index in [1.54, 1.807) is 0 Å². The molecule has 0 bridgehead atoms. The van der Waals surface area contributed by atoms with Crippen LogP contribution in [0.3, 0.4) is 0 Å². The molecule has 0 N–H and O–H groups in total. The van der Waals surface area contributed by atoms with Gasteiger partial charge in [0, 0.05) is 0 Å². The van der Waals surface area contributed by atoms with Crippen LogP contribution in [-0.2, 0) is 145 Å². The van der Waals surface area contributed by atoms with Crippen LogP contribution in [0.25, 0.3) is 0 Å². The number of hydrogen-bond acceptors (Lipinski definition) is 20. The van der Waals surface area contributed by atoms with E-state index in [-0.39, 0.29) is 22.4 Å². The van der Waals surface area contributed by atoms with Gasteiger partial charge in [0.1, 0.15) is 0 Å². The third-order valence-corrected chi connectivity index (χ3v) is 0. The van der Waals surface area contributed by atoms with Crippen molar-refractivity contribution in [2.24, 2.45) is 0 Å². The molecule has 0 aliphatic rings. The summed E-state index contributed by atoms with van der Waals surface area (Å²) in [7, 11) is 0. The molecule has 0 unspecified atom stereocenters. The molecule has 0 aliphatic carbocycles. The minimum absolute atomic E-state index is 0. The van der Waals surface area contributed by atoms with E-state index in [1.165, 1.54) is 0 Å². The second-order valence-corrected chi connectivity index (χ2v) is 7.79. The van der Waals surface area contributed by atoms with Crippen molar-refractivity contribution in [1.82, 2.24) is 0 Å². The van der Waals surface area contributed by atoms with Crippen LogP contribution >= 0.6 is 0 Å². The molecule has 0 aliphatic heterocycles. The Bertz CT molecular complexity index is 874. The minimum atomic E-state index is -5.62. The second-order valence-electron chi connectivity index (χ2n) is 1.89. The predicted molar refractivity (Wildman–Crippen MR) is 10.3 cm³/mol. The summed E-state index contributed by atoms with van der Waals surface area (Å²) in [5.41, 5.74) is 0. The standard InChI is InChI=1S/5Mn.20O.Ta/q;;;;;;;;;;;;;;;;;;;;5*-1;+5. The van der Waals surface area contributed by atoms with Crippen molar-refractivity contribution in [2.75, 3.05) is 0 Å². The monoisotopic (exact) mass is 776 g/mol. The molecule has 20 nitrogen and oxygen atoms in total. The van der Waals surface area contributed by atoms with Crippen molar-refractivity contribution < 1.29 is 166 Å². The molecule has 0 aromatic heterocycles. The molecule has 0 spiro atoms. The second kappa shape index (κ2) is 16.1. The van der Waals surface area contributed by atoms with Gasteiger partial charge in [-0.25, -0.2) is 0 Å². The summed E-state index contributed by atoms with van der Waals surface area (Å²) in [5, 5.41) is 0. The van der Waals surface area contributed by atoms with Crippen LogP contribution < -0.4 is 20.9 Å². The molecule has 0 amide bonds. The van der Waals surface area contributed by atoms with Crippen molar-refractivity contribution in [3.8, 4) is 0 Å². The molecular formula is Mn5O20Ta. The van der Waals surface area contributed by atoms with E-state index in [9.17, 15) is 0 Å². The zero-order valence-corrected chi connectivity index (χ0v) is 19.6. The Hall–Kier alpha value is 0.138. The molecule has 0 saturated carbocycles. The first-order valence-electron chi connectivity index (χ1n) is 3.09. The van der Waals surface area contributed by atoms with E-state index in [1.807, 2.05) is 0 Å². The summed E-state index contributed by atoms with van der Waals surface area (Å²) < 4.78 is 172. The molecule has 0 heterocycles. The van der Waals surface area contributed by atoms with Crippen molar-refractivity contribution in [1.29, 1.82) is 0 Å². The first-order chi connectivity index (χ1) is 10.0. The largest absolute Gasteiger partial charge is 5.00 e. The van der Waals surface area contributed by atoms with Gasteiger partial charge in [0.25, 0.3) is 0 Å². The maximum absolute atomic E-state index is 8.58. The molecule has 0 atom stereocenters. The van der Waals surface area contributed by atoms with Gasteiger partial charge in [-0.1, -0.05) is 0 Å². The smallest absolute Gasteiger partial charge is 5.00 e. The van der Waals surface area contributed by atoms with Gasteiger partial charge in [0.15, 0.2) is 0 Å². The molecule has 26 heavy (non-hydrogen) atoms. The van der Waals surface area contributed by atoms with Gasteiger partial charge in [-0.05, 0) is 0 Å². The predicted octanol–water partition coefficient (Wildman–Crippen LogP) is -7.74. The van der Waals surface area contributed by atoms with Crippen LogP contribution in [0.5, 0.6) is 0 Å². The summed E-state index contributed by atoms with van der Waals surface area (Å²) in [6.45, 7) is 0. The van der Waals surface area contributed by atoms with E-state index in [2.05, 4.69) is 0 Å². The molecular weight excluding hydrogens is 776 g/mol. The van der Waals surface area contributed by atoms with E-state index in [0.29, 0.717) is 0 Å². The maximum Gasteiger partial charge on any atom is 5.00 e. The van der Waals surface area contributed by atoms with Gasteiger partial charge >= 0.3 is 166 Å². The van der Waals surface area contributed by atoms with E-state index in [0.717, 1.165) is 0 Å². The fourth-order valence-electron chi connectivity index (χ4n) is 0. The zero-order chi connectivity index (χ0) is 22.5. The van der Waals surface area contributed by atoms with Gasteiger partial charge < -0.3 is 0 Å². The minimum Gasteiger partial charge on any atom is 5.00 e. The van der Waals surface area contributed by atoms with Crippen molar-refractivity contribution >= 4 is 0 Å². The van der Waals surface area contributed by atoms with Crippen molar-refractivity contribution in [3.63, 3.8) is 0 Å². The fraction of sp³-hybridized carbons (Fsp3) is 0. The first kappa shape index (κ1) is 40.7. The molecule has 0 radical (unpaired) electrons. The average Bonchev–Trinajstić information content (AvgIpc) is 1.79. The summed E-state index contributed by atoms with van der Waals surface area (Å²) in [6.07, 6.45) is 0. The van der Waals surface area contributed by atoms with Crippen molar-refractivity contribution in [3.05, 3.63) is 0 Å². The van der Waals surface area contributed by atoms with Crippen molar-refractivity contribution in [2.45, 2.75) is 0 Å². The van der Waals surface area contributed by atoms with Crippen LogP contribution in [-0.4, -0.2) is 0 Å². The molecule has 0 aromatic carbocycles. The Morgan fingerprint density at radius 3 is 0.269 bits per heavy atom. The van der Waals surface area contributed by atoms with Gasteiger partial charge in [0.2, 0.25) is 0 Å². The van der Waals surface area contributed by atoms with E-state index < -0.39 is 64.9 Å². The molecule has 0 saturated heterocycles. The van der Waals surface area contributed by atoms with Gasteiger partial charge in [0.05, 0.1) is 0 Å². The summed E-state index contributed by atoms with van der Waals surface area (Å²) in [4.78, 5) is 0. The molecule has 0 fully saturated rings. The van der Waals surface area contributed by atoms with Gasteiger partial charge in [-0.2, -0.15) is 0 Å². The van der Waals surface area contributed by atoms with Crippen LogP contribution in [0.1, 0.15) is 0 Å². The average molecular weight is 776 g/mol. The van der Waals surface area contributed by atoms with Gasteiger partial charge in [-0.3, -0.25) is 0 Å². The Morgan fingerprint density at radius 1 is 0.269 bits per heavy atom. The summed E-state index contributed by atoms with van der Waals surface area (Å²) >= 11 is -28.1. The normalized spacial score (nSPS) is 11.0. The van der Waals surface area contributed by atoms with E-state index >= 15 is 0 Å². The maximum atomic E-state index is 8.58. The third kappa shape index (κ3) is 682000. The Morgan fingerprint density at radius 2 is 0.269 bits per heavy atom. The van der Waals surface area contributed by atoms with Crippen LogP contribution in [0, 0.1) is 0 Å². The summed E-state index contributed by atoms with van der Waals surface area (Å²) in [6, 6.07) is 0. The Balaban J connectivity index is -0.0000000476. The third-order valence-electron chi connectivity index (χ3n) is 0. The van der Waals surface area contributed by atoms with Crippen LogP contribution in [0.15, 0.2) is 0 Å². The molecule has 0 rings (SSSR count). The molecule has 26 heteroatoms. The zero-order valence-electron chi connectivity index (χ0n) is 10.5. The molecule has 0 aromatic rings. The number of rotatable bonds is 0. The summed E-state index contributed by atoms with van der Waals surface area (Å²) in [5.74, 6) is 0. The topological polar surface area (TPSA) is 371 Å². The first-order valence-corrected chi connectivity index (χ1v) is 12.7. The SMILES string of the molecule is [O]=[Mn](=[O])(=[O])[O-].[O]=[Mn](=[O])(=[O])[O-].[O]=[Mn](=[O])(=[O])[O-].[O]=[Mn](=[O])(=[O])[O-].[O]=[Mn](=[O])(=[O])[O-].[Ta+5]. The van der Waals surface area contributed by atoms with Crippen LogP contribution in [0.2, 0.25) is 0 Å².